The van der Waals surface area contributed by atoms with Crippen molar-refractivity contribution < 1.29 is 57.1 Å². The third-order valence-electron chi connectivity index (χ3n) is 11.5. The van der Waals surface area contributed by atoms with E-state index in [-0.39, 0.29) is 38.0 Å². The molecule has 0 saturated heterocycles. The molecule has 0 aromatic carbocycles. The maximum atomic E-state index is 13.1. The Hall–Kier alpha value is -2.55. The average Bonchev–Trinajstić information content (AvgIpc) is 3.30. The lowest BCUT2D eigenvalue weighted by molar-refractivity contribution is -0.870. The maximum Gasteiger partial charge on any atom is 0.472 e. The standard InChI is InChI=1S/C55H99N2O11PS/c1-6-8-10-12-14-16-18-20-21-22-23-24-25-26-27-28-30-32-34-36-38-43-54(61)68-49(47-67-69(63,64)66-45-44-57(3,4)5)46-65-55(62)50(56)48-70-52(51(58)40-39-42-53(59)60)41-37-35-33-31-29-19-17-15-13-11-9-7-2/h15,17,20-21,29,31,33,35,37,41,49-52,58H,6-14,16,18-19,22-28,30,32,34,36,38-40,42-48,56H2,1-5H3,(H-,59,60,63,64)/p+1/b17-15-,21-20-,31-29-,35-33+,41-37+/t49-,50+,51+,52-/m1/s1. The number of esters is 2. The van der Waals surface area contributed by atoms with Crippen molar-refractivity contribution in [2.24, 2.45) is 5.73 Å². The number of phosphoric ester groups is 1. The van der Waals surface area contributed by atoms with Gasteiger partial charge in [-0.05, 0) is 64.2 Å². The lowest BCUT2D eigenvalue weighted by atomic mass is 10.0. The van der Waals surface area contributed by atoms with Gasteiger partial charge in [-0.1, -0.05) is 177 Å². The smallest absolute Gasteiger partial charge is 0.472 e. The van der Waals surface area contributed by atoms with Crippen molar-refractivity contribution in [3.63, 3.8) is 0 Å². The molecule has 0 bridgehead atoms. The first-order valence-electron chi connectivity index (χ1n) is 27.0. The van der Waals surface area contributed by atoms with Crippen LogP contribution >= 0.6 is 19.6 Å². The fourth-order valence-corrected chi connectivity index (χ4v) is 9.02. The van der Waals surface area contributed by atoms with E-state index < -0.39 is 62.4 Å². The number of hydrogen-bond acceptors (Lipinski definition) is 11. The molecule has 13 nitrogen and oxygen atoms in total. The molecule has 0 spiro atoms. The van der Waals surface area contributed by atoms with Crippen molar-refractivity contribution in [2.75, 3.05) is 53.3 Å². The molecule has 0 fully saturated rings. The minimum absolute atomic E-state index is 0.0460. The molecule has 0 aromatic rings. The number of aliphatic carboxylic acids is 1. The van der Waals surface area contributed by atoms with Gasteiger partial charge in [0.1, 0.15) is 25.8 Å². The van der Waals surface area contributed by atoms with Crippen molar-refractivity contribution in [3.8, 4) is 0 Å². The number of allylic oxidation sites excluding steroid dienone is 9. The van der Waals surface area contributed by atoms with E-state index in [2.05, 4.69) is 38.2 Å². The van der Waals surface area contributed by atoms with Gasteiger partial charge in [-0.25, -0.2) is 4.57 Å². The summed E-state index contributed by atoms with van der Waals surface area (Å²) in [5.74, 6) is -2.23. The number of hydrogen-bond donors (Lipinski definition) is 4. The second-order valence-electron chi connectivity index (χ2n) is 19.5. The first kappa shape index (κ1) is 67.5. The fourth-order valence-electron chi connectivity index (χ4n) is 7.16. The topological polar surface area (TPSA) is 192 Å². The third-order valence-corrected chi connectivity index (χ3v) is 13.9. The second-order valence-corrected chi connectivity index (χ2v) is 22.1. The molecule has 5 atom stereocenters. The number of carboxylic acid groups (broad SMARTS) is 1. The number of rotatable bonds is 49. The van der Waals surface area contributed by atoms with Gasteiger partial charge in [0, 0.05) is 23.8 Å². The van der Waals surface area contributed by atoms with Crippen molar-refractivity contribution >= 4 is 37.5 Å². The van der Waals surface area contributed by atoms with E-state index >= 15 is 0 Å². The number of aliphatic hydroxyl groups excluding tert-OH is 1. The largest absolute Gasteiger partial charge is 0.481 e. The molecule has 0 rings (SSSR count). The normalized spacial score (nSPS) is 15.1. The number of aliphatic hydroxyl groups is 1. The van der Waals surface area contributed by atoms with Crippen molar-refractivity contribution in [3.05, 3.63) is 60.8 Å². The van der Waals surface area contributed by atoms with Crippen LogP contribution in [0, 0.1) is 0 Å². The zero-order valence-electron chi connectivity index (χ0n) is 44.4. The Morgan fingerprint density at radius 1 is 0.657 bits per heavy atom. The molecular weight excluding hydrogens is 928 g/mol. The highest BCUT2D eigenvalue weighted by molar-refractivity contribution is 8.00. The molecule has 0 heterocycles. The van der Waals surface area contributed by atoms with Gasteiger partial charge in [0.15, 0.2) is 6.10 Å². The average molecular weight is 1030 g/mol. The van der Waals surface area contributed by atoms with Crippen molar-refractivity contribution in [2.45, 2.75) is 217 Å². The number of nitrogens with zero attached hydrogens (tertiary/aromatic N) is 1. The van der Waals surface area contributed by atoms with Crippen LogP contribution in [0.5, 0.6) is 0 Å². The van der Waals surface area contributed by atoms with E-state index in [1.807, 2.05) is 45.4 Å². The molecule has 0 saturated carbocycles. The Kier molecular flexibility index (Phi) is 44.6. The first-order valence-corrected chi connectivity index (χ1v) is 29.5. The number of ether oxygens (including phenoxy) is 2. The van der Waals surface area contributed by atoms with Gasteiger partial charge in [-0.15, -0.1) is 11.8 Å². The summed E-state index contributed by atoms with van der Waals surface area (Å²) >= 11 is 1.23. The van der Waals surface area contributed by atoms with Crippen LogP contribution in [0.4, 0.5) is 0 Å². The van der Waals surface area contributed by atoms with Crippen LogP contribution in [0.15, 0.2) is 60.8 Å². The number of phosphoric acid groups is 1. The minimum Gasteiger partial charge on any atom is -0.481 e. The summed E-state index contributed by atoms with van der Waals surface area (Å²) < 4.78 is 34.5. The fraction of sp³-hybridized carbons (Fsp3) is 0.764. The Labute approximate surface area is 429 Å². The number of unbranched alkanes of at least 4 members (excludes halogenated alkanes) is 20. The van der Waals surface area contributed by atoms with E-state index in [1.165, 1.54) is 127 Å². The highest BCUT2D eigenvalue weighted by atomic mass is 32.2. The van der Waals surface area contributed by atoms with E-state index in [4.69, 9.17) is 29.4 Å². The lowest BCUT2D eigenvalue weighted by Crippen LogP contribution is -2.39. The van der Waals surface area contributed by atoms with Gasteiger partial charge in [-0.2, -0.15) is 0 Å². The molecule has 406 valence electrons. The van der Waals surface area contributed by atoms with Gasteiger partial charge < -0.3 is 34.8 Å². The summed E-state index contributed by atoms with van der Waals surface area (Å²) in [4.78, 5) is 47.5. The summed E-state index contributed by atoms with van der Waals surface area (Å²) in [6, 6.07) is -1.13. The van der Waals surface area contributed by atoms with Crippen LogP contribution in [0.3, 0.4) is 0 Å². The maximum absolute atomic E-state index is 13.1. The number of thioether (sulfide) groups is 1. The van der Waals surface area contributed by atoms with Crippen LogP contribution in [-0.2, 0) is 37.5 Å². The van der Waals surface area contributed by atoms with E-state index in [1.54, 1.807) is 12.2 Å². The van der Waals surface area contributed by atoms with Gasteiger partial charge in [-0.3, -0.25) is 23.4 Å². The molecule has 0 amide bonds. The van der Waals surface area contributed by atoms with Crippen LogP contribution in [-0.4, -0.2) is 114 Å². The Morgan fingerprint density at radius 3 is 1.77 bits per heavy atom. The zero-order valence-corrected chi connectivity index (χ0v) is 46.1. The van der Waals surface area contributed by atoms with E-state index in [0.29, 0.717) is 17.4 Å². The molecule has 0 aliphatic carbocycles. The van der Waals surface area contributed by atoms with Crippen LogP contribution in [0.25, 0.3) is 0 Å². The number of likely N-dealkylation sites (N-methyl/N-ethyl adjacent to an activating group) is 1. The molecule has 0 aliphatic heterocycles. The number of carbonyl (C=O) groups is 3. The molecule has 15 heteroatoms. The zero-order chi connectivity index (χ0) is 52.0. The second kappa shape index (κ2) is 46.3. The Balaban J connectivity index is 5.00. The number of carbonyl (C=O) groups excluding carboxylic acids is 2. The Bertz CT molecular complexity index is 1500. The molecule has 0 aromatic heterocycles. The van der Waals surface area contributed by atoms with Crippen LogP contribution in [0.2, 0.25) is 0 Å². The van der Waals surface area contributed by atoms with E-state index in [9.17, 15) is 28.9 Å². The first-order chi connectivity index (χ1) is 33.6. The molecular formula is C55H100N2O11PS+. The molecule has 70 heavy (non-hydrogen) atoms. The highest BCUT2D eigenvalue weighted by Crippen LogP contribution is 2.43. The summed E-state index contributed by atoms with van der Waals surface area (Å²) in [7, 11) is 1.22. The van der Waals surface area contributed by atoms with Crippen molar-refractivity contribution in [1.82, 2.24) is 0 Å². The SMILES string of the molecule is CCCCC/C=C\C\C=C/C=C/C=C/[C@@H](SC[C@H](N)C(=O)OC[C@H](COP(=O)(O)OCC[N+](C)(C)C)OC(=O)CCCCCCCCCCCCC/C=C\CCCCCCCC)[C@@H](O)CCCC(=O)O. The summed E-state index contributed by atoms with van der Waals surface area (Å²) in [6.45, 7) is 3.83. The van der Waals surface area contributed by atoms with E-state index in [0.717, 1.165) is 32.1 Å². The molecule has 1 unspecified atom stereocenters. The van der Waals surface area contributed by atoms with Gasteiger partial charge in [0.25, 0.3) is 0 Å². The van der Waals surface area contributed by atoms with Crippen LogP contribution < -0.4 is 5.73 Å². The number of quaternary nitrogens is 1. The van der Waals surface area contributed by atoms with Gasteiger partial charge in [0.05, 0.1) is 33.9 Å². The Morgan fingerprint density at radius 2 is 1.19 bits per heavy atom. The summed E-state index contributed by atoms with van der Waals surface area (Å²) in [5.41, 5.74) is 6.23. The molecule has 5 N–H and O–H groups in total. The van der Waals surface area contributed by atoms with Gasteiger partial charge >= 0.3 is 25.7 Å². The summed E-state index contributed by atoms with van der Waals surface area (Å²) in [6.07, 6.45) is 47.3. The summed E-state index contributed by atoms with van der Waals surface area (Å²) in [5, 5.41) is 19.5. The molecule has 0 aliphatic rings. The third kappa shape index (κ3) is 46.5. The van der Waals surface area contributed by atoms with Gasteiger partial charge in [0.2, 0.25) is 0 Å². The quantitative estimate of drug-likeness (QED) is 0.0112. The highest BCUT2D eigenvalue weighted by Gasteiger charge is 2.28. The predicted octanol–water partition coefficient (Wildman–Crippen LogP) is 12.9. The lowest BCUT2D eigenvalue weighted by Gasteiger charge is -2.24. The monoisotopic (exact) mass is 1030 g/mol. The van der Waals surface area contributed by atoms with Crippen LogP contribution in [0.1, 0.15) is 194 Å². The number of nitrogens with two attached hydrogens (primary N) is 1. The van der Waals surface area contributed by atoms with Crippen molar-refractivity contribution in [1.29, 1.82) is 0 Å². The minimum atomic E-state index is -4.52. The predicted molar refractivity (Wildman–Crippen MR) is 290 cm³/mol. The molecule has 0 radical (unpaired) electrons. The number of carboxylic acids is 1.